The molecule has 3 atom stereocenters. The van der Waals surface area contributed by atoms with Crippen LogP contribution in [0.25, 0.3) is 0 Å². The summed E-state index contributed by atoms with van der Waals surface area (Å²) in [6, 6.07) is 5.57. The van der Waals surface area contributed by atoms with Crippen LogP contribution in [0.1, 0.15) is 25.5 Å². The normalized spacial score (nSPS) is 29.4. The molecule has 3 heterocycles. The van der Waals surface area contributed by atoms with Crippen LogP contribution in [0.3, 0.4) is 0 Å². The van der Waals surface area contributed by atoms with Crippen LogP contribution in [0.2, 0.25) is 0 Å². The Morgan fingerprint density at radius 2 is 2.32 bits per heavy atom. The maximum atomic E-state index is 12.3. The lowest BCUT2D eigenvalue weighted by molar-refractivity contribution is -0.0807. The third-order valence-corrected chi connectivity index (χ3v) is 6.19. The minimum absolute atomic E-state index is 0.0903. The van der Waals surface area contributed by atoms with Gasteiger partial charge in [-0.25, -0.2) is 8.42 Å². The molecule has 2 fully saturated rings. The van der Waals surface area contributed by atoms with Crippen LogP contribution < -0.4 is 0 Å². The van der Waals surface area contributed by atoms with Crippen molar-refractivity contribution in [3.63, 3.8) is 0 Å². The fraction of sp³-hybridized carbons (Fsp3) is 0.667. The molecule has 0 unspecified atom stereocenters. The van der Waals surface area contributed by atoms with E-state index >= 15 is 0 Å². The first kappa shape index (κ1) is 15.9. The highest BCUT2D eigenvalue weighted by molar-refractivity contribution is 7.89. The van der Waals surface area contributed by atoms with Gasteiger partial charge in [-0.1, -0.05) is 6.07 Å². The van der Waals surface area contributed by atoms with Crippen LogP contribution in [0, 0.1) is 0 Å². The van der Waals surface area contributed by atoms with Gasteiger partial charge < -0.3 is 9.47 Å². The average Bonchev–Trinajstić information content (AvgIpc) is 2.94. The first-order valence-electron chi connectivity index (χ1n) is 7.74. The Balaban J connectivity index is 1.71. The summed E-state index contributed by atoms with van der Waals surface area (Å²) in [4.78, 5) is 4.23. The number of pyridine rings is 1. The molecule has 3 rings (SSSR count). The van der Waals surface area contributed by atoms with Crippen molar-refractivity contribution < 1.29 is 17.9 Å². The molecule has 7 heteroatoms. The number of hydrogen-bond acceptors (Lipinski definition) is 5. The Morgan fingerprint density at radius 3 is 3.05 bits per heavy atom. The average molecular weight is 326 g/mol. The maximum Gasteiger partial charge on any atom is 0.214 e. The summed E-state index contributed by atoms with van der Waals surface area (Å²) in [6.07, 6.45) is 3.06. The second-order valence-corrected chi connectivity index (χ2v) is 7.90. The van der Waals surface area contributed by atoms with Gasteiger partial charge >= 0.3 is 0 Å². The van der Waals surface area contributed by atoms with Crippen LogP contribution in [0.15, 0.2) is 24.4 Å². The van der Waals surface area contributed by atoms with E-state index in [1.165, 1.54) is 0 Å². The van der Waals surface area contributed by atoms with Crippen LogP contribution >= 0.6 is 0 Å². The molecule has 2 aliphatic rings. The van der Waals surface area contributed by atoms with E-state index < -0.39 is 10.0 Å². The molecular formula is C15H22N2O4S. The third kappa shape index (κ3) is 3.17. The van der Waals surface area contributed by atoms with Gasteiger partial charge in [0.1, 0.15) is 6.10 Å². The van der Waals surface area contributed by atoms with Crippen LogP contribution in [0.5, 0.6) is 0 Å². The number of aromatic nitrogens is 1. The van der Waals surface area contributed by atoms with Gasteiger partial charge in [0.2, 0.25) is 10.0 Å². The van der Waals surface area contributed by atoms with Crippen molar-refractivity contribution in [2.24, 2.45) is 0 Å². The van der Waals surface area contributed by atoms with Crippen molar-refractivity contribution in [3.8, 4) is 0 Å². The molecular weight excluding hydrogens is 304 g/mol. The molecule has 0 aromatic carbocycles. The summed E-state index contributed by atoms with van der Waals surface area (Å²) < 4.78 is 37.9. The number of nitrogens with zero attached hydrogens (tertiary/aromatic N) is 2. The second kappa shape index (κ2) is 6.62. The van der Waals surface area contributed by atoms with Gasteiger partial charge in [-0.3, -0.25) is 4.98 Å². The van der Waals surface area contributed by atoms with E-state index in [1.54, 1.807) is 17.4 Å². The van der Waals surface area contributed by atoms with Crippen LogP contribution in [-0.2, 0) is 26.1 Å². The molecule has 2 saturated heterocycles. The Kier molecular flexibility index (Phi) is 4.77. The van der Waals surface area contributed by atoms with E-state index in [1.807, 2.05) is 18.2 Å². The fourth-order valence-electron chi connectivity index (χ4n) is 3.18. The number of fused-ring (bicyclic) bond motifs is 1. The van der Waals surface area contributed by atoms with E-state index in [0.717, 1.165) is 18.5 Å². The van der Waals surface area contributed by atoms with Gasteiger partial charge in [-0.2, -0.15) is 4.31 Å². The first-order valence-corrected chi connectivity index (χ1v) is 9.35. The number of sulfonamides is 1. The van der Waals surface area contributed by atoms with Crippen molar-refractivity contribution in [1.82, 2.24) is 9.29 Å². The minimum Gasteiger partial charge on any atom is -0.374 e. The van der Waals surface area contributed by atoms with Crippen LogP contribution in [-0.4, -0.2) is 54.9 Å². The monoisotopic (exact) mass is 326 g/mol. The molecule has 0 amide bonds. The summed E-state index contributed by atoms with van der Waals surface area (Å²) in [7, 11) is -3.23. The Hall–Kier alpha value is -1.02. The van der Waals surface area contributed by atoms with Crippen molar-refractivity contribution in [2.45, 2.75) is 44.6 Å². The fourth-order valence-corrected chi connectivity index (χ4v) is 4.52. The number of hydrogen-bond donors (Lipinski definition) is 0. The zero-order chi connectivity index (χ0) is 15.6. The van der Waals surface area contributed by atoms with Gasteiger partial charge in [-0.05, 0) is 31.9 Å². The first-order chi connectivity index (χ1) is 10.6. The minimum atomic E-state index is -3.23. The van der Waals surface area contributed by atoms with Crippen LogP contribution in [0.4, 0.5) is 0 Å². The topological polar surface area (TPSA) is 68.7 Å². The lowest BCUT2D eigenvalue weighted by Gasteiger charge is -2.31. The lowest BCUT2D eigenvalue weighted by Crippen LogP contribution is -2.44. The molecule has 1 aromatic heterocycles. The van der Waals surface area contributed by atoms with Crippen molar-refractivity contribution in [2.75, 3.05) is 18.9 Å². The standard InChI is InChI=1S/C15H22N2O4S/c1-2-22(18,19)17-10-14(15-13(17)7-5-9-20-15)21-11-12-6-3-4-8-16-12/h3-4,6,8,13-15H,2,5,7,9-11H2,1H3/t13-,14+,15+/m0/s1. The third-order valence-electron chi connectivity index (χ3n) is 4.32. The van der Waals surface area contributed by atoms with Crippen molar-refractivity contribution in [3.05, 3.63) is 30.1 Å². The summed E-state index contributed by atoms with van der Waals surface area (Å²) in [5.41, 5.74) is 0.839. The molecule has 0 spiro atoms. The zero-order valence-electron chi connectivity index (χ0n) is 12.7. The highest BCUT2D eigenvalue weighted by atomic mass is 32.2. The van der Waals surface area contributed by atoms with Gasteiger partial charge in [0.05, 0.1) is 30.2 Å². The molecule has 0 radical (unpaired) electrons. The molecule has 6 nitrogen and oxygen atoms in total. The number of ether oxygens (including phenoxy) is 2. The second-order valence-electron chi connectivity index (χ2n) is 5.69. The molecule has 1 aromatic rings. The highest BCUT2D eigenvalue weighted by Crippen LogP contribution is 2.33. The van der Waals surface area contributed by atoms with Crippen molar-refractivity contribution in [1.29, 1.82) is 0 Å². The van der Waals surface area contributed by atoms with E-state index in [4.69, 9.17) is 9.47 Å². The molecule has 0 saturated carbocycles. The number of rotatable bonds is 5. The lowest BCUT2D eigenvalue weighted by atomic mass is 10.0. The summed E-state index contributed by atoms with van der Waals surface area (Å²) >= 11 is 0. The summed E-state index contributed by atoms with van der Waals surface area (Å²) in [6.45, 7) is 3.09. The van der Waals surface area contributed by atoms with Gasteiger partial charge in [0.25, 0.3) is 0 Å². The summed E-state index contributed by atoms with van der Waals surface area (Å²) in [5.74, 6) is 0.114. The quantitative estimate of drug-likeness (QED) is 0.813. The van der Waals surface area contributed by atoms with Gasteiger partial charge in [0, 0.05) is 19.3 Å². The maximum absolute atomic E-state index is 12.3. The zero-order valence-corrected chi connectivity index (χ0v) is 13.5. The predicted molar refractivity (Wildman–Crippen MR) is 81.7 cm³/mol. The molecule has 2 aliphatic heterocycles. The molecule has 0 N–H and O–H groups in total. The Morgan fingerprint density at radius 1 is 1.45 bits per heavy atom. The largest absolute Gasteiger partial charge is 0.374 e. The molecule has 22 heavy (non-hydrogen) atoms. The predicted octanol–water partition coefficient (Wildman–Crippen LogP) is 1.18. The molecule has 0 aliphatic carbocycles. The Bertz CT molecular complexity index is 593. The van der Waals surface area contributed by atoms with Gasteiger partial charge in [0.15, 0.2) is 0 Å². The van der Waals surface area contributed by atoms with E-state index in [-0.39, 0.29) is 24.0 Å². The van der Waals surface area contributed by atoms with Crippen molar-refractivity contribution >= 4 is 10.0 Å². The summed E-state index contributed by atoms with van der Waals surface area (Å²) in [5, 5.41) is 0. The molecule has 0 bridgehead atoms. The van der Waals surface area contributed by atoms with E-state index in [0.29, 0.717) is 19.8 Å². The SMILES string of the molecule is CCS(=O)(=O)N1C[C@@H](OCc2ccccn2)[C@@H]2OCCC[C@@H]21. The highest BCUT2D eigenvalue weighted by Gasteiger charge is 2.48. The molecule has 122 valence electrons. The smallest absolute Gasteiger partial charge is 0.214 e. The Labute approximate surface area is 131 Å². The van der Waals surface area contributed by atoms with E-state index in [2.05, 4.69) is 4.98 Å². The van der Waals surface area contributed by atoms with E-state index in [9.17, 15) is 8.42 Å². The van der Waals surface area contributed by atoms with Gasteiger partial charge in [-0.15, -0.1) is 0 Å².